The van der Waals surface area contributed by atoms with E-state index < -0.39 is 0 Å². The molecule has 0 radical (unpaired) electrons. The number of nitrogens with zero attached hydrogens (tertiary/aromatic N) is 4. The van der Waals surface area contributed by atoms with E-state index in [2.05, 4.69) is 32.7 Å². The fourth-order valence-corrected chi connectivity index (χ4v) is 1.84. The van der Waals surface area contributed by atoms with E-state index in [4.69, 9.17) is 4.42 Å². The highest BCUT2D eigenvalue weighted by atomic mass is 127. The molecule has 2 aromatic heterocycles. The standard InChI is InChI=1S/C13H20N6O.HI/c1-3-12-18-17-10-19(12)7-6-15-13(14-2)16-9-11-5-4-8-20-11;/h4-5,8,10H,3,6-7,9H2,1-2H3,(H2,14,15,16);1H. The van der Waals surface area contributed by atoms with Gasteiger partial charge in [0.15, 0.2) is 5.96 Å². The molecule has 2 heterocycles. The van der Waals surface area contributed by atoms with E-state index in [1.165, 1.54) is 0 Å². The van der Waals surface area contributed by atoms with Gasteiger partial charge in [-0.1, -0.05) is 6.92 Å². The molecule has 0 fully saturated rings. The van der Waals surface area contributed by atoms with E-state index in [0.29, 0.717) is 6.54 Å². The van der Waals surface area contributed by atoms with Crippen molar-refractivity contribution in [3.8, 4) is 0 Å². The first-order valence-electron chi connectivity index (χ1n) is 6.67. The van der Waals surface area contributed by atoms with Crippen LogP contribution in [0.5, 0.6) is 0 Å². The molecule has 0 saturated heterocycles. The highest BCUT2D eigenvalue weighted by molar-refractivity contribution is 14.0. The highest BCUT2D eigenvalue weighted by Gasteiger charge is 2.02. The van der Waals surface area contributed by atoms with Crippen LogP contribution in [0.3, 0.4) is 0 Å². The summed E-state index contributed by atoms with van der Waals surface area (Å²) < 4.78 is 7.29. The van der Waals surface area contributed by atoms with Gasteiger partial charge in [-0.05, 0) is 12.1 Å². The molecule has 0 bridgehead atoms. The molecule has 0 saturated carbocycles. The van der Waals surface area contributed by atoms with Gasteiger partial charge in [0, 0.05) is 26.6 Å². The lowest BCUT2D eigenvalue weighted by molar-refractivity contribution is 0.501. The van der Waals surface area contributed by atoms with Gasteiger partial charge in [-0.3, -0.25) is 4.99 Å². The van der Waals surface area contributed by atoms with Crippen molar-refractivity contribution in [1.29, 1.82) is 0 Å². The summed E-state index contributed by atoms with van der Waals surface area (Å²) in [7, 11) is 1.74. The summed E-state index contributed by atoms with van der Waals surface area (Å²) in [5.74, 6) is 2.61. The summed E-state index contributed by atoms with van der Waals surface area (Å²) in [5, 5.41) is 14.4. The molecule has 0 amide bonds. The Bertz CT molecular complexity index is 537. The van der Waals surface area contributed by atoms with Crippen molar-refractivity contribution >= 4 is 29.9 Å². The Morgan fingerprint density at radius 2 is 2.29 bits per heavy atom. The van der Waals surface area contributed by atoms with Crippen LogP contribution in [-0.4, -0.2) is 34.3 Å². The van der Waals surface area contributed by atoms with E-state index in [-0.39, 0.29) is 24.0 Å². The third-order valence-electron chi connectivity index (χ3n) is 2.89. The zero-order valence-electron chi connectivity index (χ0n) is 12.2. The minimum atomic E-state index is 0. The van der Waals surface area contributed by atoms with Crippen molar-refractivity contribution in [1.82, 2.24) is 25.4 Å². The van der Waals surface area contributed by atoms with E-state index in [0.717, 1.165) is 37.1 Å². The van der Waals surface area contributed by atoms with E-state index in [9.17, 15) is 0 Å². The first-order chi connectivity index (χ1) is 9.83. The predicted molar refractivity (Wildman–Crippen MR) is 91.7 cm³/mol. The zero-order chi connectivity index (χ0) is 14.2. The van der Waals surface area contributed by atoms with Gasteiger partial charge in [-0.25, -0.2) is 0 Å². The van der Waals surface area contributed by atoms with Crippen LogP contribution in [0.2, 0.25) is 0 Å². The Balaban J connectivity index is 0.00000220. The van der Waals surface area contributed by atoms with Crippen LogP contribution in [0.15, 0.2) is 34.1 Å². The van der Waals surface area contributed by atoms with Gasteiger partial charge in [0.2, 0.25) is 0 Å². The van der Waals surface area contributed by atoms with Crippen molar-refractivity contribution in [2.45, 2.75) is 26.4 Å². The molecule has 2 N–H and O–H groups in total. The second-order valence-corrected chi connectivity index (χ2v) is 4.23. The smallest absolute Gasteiger partial charge is 0.191 e. The maximum Gasteiger partial charge on any atom is 0.191 e. The lowest BCUT2D eigenvalue weighted by atomic mass is 10.4. The van der Waals surface area contributed by atoms with Gasteiger partial charge in [-0.2, -0.15) is 0 Å². The first kappa shape index (κ1) is 17.5. The molecule has 0 unspecified atom stereocenters. The number of aliphatic imine (C=N–C) groups is 1. The van der Waals surface area contributed by atoms with Crippen LogP contribution >= 0.6 is 24.0 Å². The number of aryl methyl sites for hydroxylation is 1. The second kappa shape index (κ2) is 9.37. The van der Waals surface area contributed by atoms with Crippen molar-refractivity contribution in [3.05, 3.63) is 36.3 Å². The fourth-order valence-electron chi connectivity index (χ4n) is 1.84. The molecule has 0 aromatic carbocycles. The minimum Gasteiger partial charge on any atom is -0.467 e. The third kappa shape index (κ3) is 5.37. The molecular weight excluding hydrogens is 383 g/mol. The van der Waals surface area contributed by atoms with Crippen LogP contribution in [0.4, 0.5) is 0 Å². The van der Waals surface area contributed by atoms with Crippen LogP contribution in [0.25, 0.3) is 0 Å². The lowest BCUT2D eigenvalue weighted by Gasteiger charge is -2.11. The Morgan fingerprint density at radius 1 is 1.43 bits per heavy atom. The number of rotatable bonds is 6. The van der Waals surface area contributed by atoms with Gasteiger partial charge in [-0.15, -0.1) is 34.2 Å². The topological polar surface area (TPSA) is 80.3 Å². The fraction of sp³-hybridized carbons (Fsp3) is 0.462. The Kier molecular flexibility index (Phi) is 7.80. The third-order valence-corrected chi connectivity index (χ3v) is 2.89. The number of hydrogen-bond donors (Lipinski definition) is 2. The predicted octanol–water partition coefficient (Wildman–Crippen LogP) is 1.42. The van der Waals surface area contributed by atoms with E-state index in [1.807, 2.05) is 16.7 Å². The lowest BCUT2D eigenvalue weighted by Crippen LogP contribution is -2.38. The molecule has 21 heavy (non-hydrogen) atoms. The van der Waals surface area contributed by atoms with Crippen LogP contribution in [0.1, 0.15) is 18.5 Å². The molecule has 0 spiro atoms. The molecule has 2 rings (SSSR count). The van der Waals surface area contributed by atoms with Crippen molar-refractivity contribution < 1.29 is 4.42 Å². The maximum absolute atomic E-state index is 5.26. The van der Waals surface area contributed by atoms with Crippen molar-refractivity contribution in [3.63, 3.8) is 0 Å². The van der Waals surface area contributed by atoms with Crippen molar-refractivity contribution in [2.75, 3.05) is 13.6 Å². The molecular formula is C13H21IN6O. The van der Waals surface area contributed by atoms with Gasteiger partial charge >= 0.3 is 0 Å². The minimum absolute atomic E-state index is 0. The summed E-state index contributed by atoms with van der Waals surface area (Å²) in [4.78, 5) is 4.16. The monoisotopic (exact) mass is 404 g/mol. The number of furan rings is 1. The molecule has 0 aliphatic rings. The average Bonchev–Trinajstić information content (AvgIpc) is 3.13. The molecule has 8 heteroatoms. The van der Waals surface area contributed by atoms with Crippen molar-refractivity contribution in [2.24, 2.45) is 4.99 Å². The summed E-state index contributed by atoms with van der Waals surface area (Å²) in [5.41, 5.74) is 0. The number of guanidine groups is 1. The largest absolute Gasteiger partial charge is 0.467 e. The summed E-state index contributed by atoms with van der Waals surface area (Å²) in [6, 6.07) is 3.79. The molecule has 0 atom stereocenters. The number of aromatic nitrogens is 3. The number of halogens is 1. The van der Waals surface area contributed by atoms with Crippen LogP contribution in [0, 0.1) is 0 Å². The normalized spacial score (nSPS) is 11.0. The number of hydrogen-bond acceptors (Lipinski definition) is 4. The zero-order valence-corrected chi connectivity index (χ0v) is 14.6. The van der Waals surface area contributed by atoms with Crippen LogP contribution < -0.4 is 10.6 Å². The first-order valence-corrected chi connectivity index (χ1v) is 6.67. The summed E-state index contributed by atoms with van der Waals surface area (Å²) >= 11 is 0. The van der Waals surface area contributed by atoms with Gasteiger partial charge in [0.1, 0.15) is 17.9 Å². The molecule has 0 aliphatic carbocycles. The van der Waals surface area contributed by atoms with Gasteiger partial charge < -0.3 is 19.6 Å². The summed E-state index contributed by atoms with van der Waals surface area (Å²) in [6.07, 6.45) is 4.29. The summed E-state index contributed by atoms with van der Waals surface area (Å²) in [6.45, 7) is 4.23. The Hall–Kier alpha value is -1.58. The quantitative estimate of drug-likeness (QED) is 0.433. The molecule has 116 valence electrons. The number of nitrogens with one attached hydrogen (secondary N) is 2. The maximum atomic E-state index is 5.26. The van der Waals surface area contributed by atoms with E-state index in [1.54, 1.807) is 19.6 Å². The molecule has 2 aromatic rings. The SMILES string of the molecule is CCc1nncn1CCNC(=NC)NCc1ccco1.I. The second-order valence-electron chi connectivity index (χ2n) is 4.23. The molecule has 0 aliphatic heterocycles. The van der Waals surface area contributed by atoms with Crippen LogP contribution in [-0.2, 0) is 19.5 Å². The Labute approximate surface area is 141 Å². The van der Waals surface area contributed by atoms with Gasteiger partial charge in [0.25, 0.3) is 0 Å². The highest BCUT2D eigenvalue weighted by Crippen LogP contribution is 1.98. The Morgan fingerprint density at radius 3 is 2.95 bits per heavy atom. The van der Waals surface area contributed by atoms with E-state index >= 15 is 0 Å². The average molecular weight is 404 g/mol. The van der Waals surface area contributed by atoms with Gasteiger partial charge in [0.05, 0.1) is 12.8 Å². The molecule has 7 nitrogen and oxygen atoms in total.